The van der Waals surface area contributed by atoms with Gasteiger partial charge in [0.15, 0.2) is 0 Å². The van der Waals surface area contributed by atoms with Crippen LogP contribution >= 0.6 is 0 Å². The van der Waals surface area contributed by atoms with E-state index in [0.717, 1.165) is 18.3 Å². The molecule has 1 aromatic rings. The fourth-order valence-corrected chi connectivity index (χ4v) is 4.83. The number of fused-ring (bicyclic) bond motifs is 3. The summed E-state index contributed by atoms with van der Waals surface area (Å²) in [6.07, 6.45) is 8.57. The number of piperidine rings is 1. The molecule has 1 heterocycles. The lowest BCUT2D eigenvalue weighted by Crippen LogP contribution is -2.56. The minimum atomic E-state index is 0.414. The summed E-state index contributed by atoms with van der Waals surface area (Å²) in [5.74, 6) is 2.39. The molecular formula is C19H25NO. The van der Waals surface area contributed by atoms with Crippen LogP contribution in [0.3, 0.4) is 0 Å². The van der Waals surface area contributed by atoms with Crippen molar-refractivity contribution in [3.63, 3.8) is 0 Å². The minimum absolute atomic E-state index is 0.414. The molecule has 0 spiro atoms. The summed E-state index contributed by atoms with van der Waals surface area (Å²) in [5, 5.41) is 9.85. The fraction of sp³-hybridized carbons (Fsp3) is 0.579. The summed E-state index contributed by atoms with van der Waals surface area (Å²) in [5.41, 5.74) is 2.81. The molecular weight excluding hydrogens is 258 g/mol. The molecule has 21 heavy (non-hydrogen) atoms. The first-order valence-corrected chi connectivity index (χ1v) is 8.43. The van der Waals surface area contributed by atoms with Crippen molar-refractivity contribution < 1.29 is 5.11 Å². The van der Waals surface area contributed by atoms with Crippen molar-refractivity contribution >= 4 is 0 Å². The highest BCUT2D eigenvalue weighted by molar-refractivity contribution is 5.43. The highest BCUT2D eigenvalue weighted by atomic mass is 16.3. The Morgan fingerprint density at radius 2 is 2.19 bits per heavy atom. The molecule has 2 bridgehead atoms. The van der Waals surface area contributed by atoms with Crippen LogP contribution in [0.5, 0.6) is 5.75 Å². The van der Waals surface area contributed by atoms with E-state index in [1.54, 1.807) is 0 Å². The Hall–Kier alpha value is -1.28. The van der Waals surface area contributed by atoms with Crippen molar-refractivity contribution in [2.75, 3.05) is 6.54 Å². The van der Waals surface area contributed by atoms with Crippen molar-refractivity contribution in [2.24, 2.45) is 11.8 Å². The molecule has 1 saturated heterocycles. The van der Waals surface area contributed by atoms with Gasteiger partial charge < -0.3 is 5.11 Å². The normalized spacial score (nSPS) is 35.3. The summed E-state index contributed by atoms with van der Waals surface area (Å²) < 4.78 is 0. The van der Waals surface area contributed by atoms with Gasteiger partial charge in [-0.1, -0.05) is 25.1 Å². The van der Waals surface area contributed by atoms with Gasteiger partial charge in [0, 0.05) is 24.5 Å². The highest BCUT2D eigenvalue weighted by Crippen LogP contribution is 2.49. The molecule has 2 heteroatoms. The number of benzene rings is 1. The number of hydrogen-bond donors (Lipinski definition) is 1. The van der Waals surface area contributed by atoms with Crippen molar-refractivity contribution in [3.05, 3.63) is 41.5 Å². The van der Waals surface area contributed by atoms with E-state index in [0.29, 0.717) is 23.8 Å². The molecule has 4 rings (SSSR count). The fourth-order valence-electron chi connectivity index (χ4n) is 4.83. The molecule has 0 aromatic heterocycles. The Balaban J connectivity index is 1.78. The zero-order chi connectivity index (χ0) is 14.6. The summed E-state index contributed by atoms with van der Waals surface area (Å²) in [6, 6.07) is 7.35. The maximum Gasteiger partial charge on any atom is 0.115 e. The standard InChI is InChI=1S/C19H25NO/c1-3-12(2)20-11-13-4-7-16-17-10-15(21)6-5-14(17)9-19(20)18(16)8-13/h4-7,10,12-13,16,18-19,21H,3,8-9,11H2,1-2H3. The smallest absolute Gasteiger partial charge is 0.115 e. The van der Waals surface area contributed by atoms with Gasteiger partial charge in [-0.15, -0.1) is 0 Å². The third kappa shape index (κ3) is 2.03. The van der Waals surface area contributed by atoms with Crippen LogP contribution in [0.15, 0.2) is 30.4 Å². The molecule has 0 saturated carbocycles. The maximum atomic E-state index is 9.85. The molecule has 1 N–H and O–H groups in total. The van der Waals surface area contributed by atoms with Gasteiger partial charge in [0.1, 0.15) is 5.75 Å². The first kappa shape index (κ1) is 13.4. The minimum Gasteiger partial charge on any atom is -0.508 e. The lowest BCUT2D eigenvalue weighted by Gasteiger charge is -2.53. The molecule has 1 aliphatic heterocycles. The highest BCUT2D eigenvalue weighted by Gasteiger charge is 2.45. The van der Waals surface area contributed by atoms with Crippen LogP contribution in [-0.2, 0) is 6.42 Å². The zero-order valence-electron chi connectivity index (χ0n) is 13.0. The molecule has 5 atom stereocenters. The Morgan fingerprint density at radius 3 is 3.00 bits per heavy atom. The van der Waals surface area contributed by atoms with Gasteiger partial charge in [-0.25, -0.2) is 0 Å². The molecule has 3 aliphatic rings. The monoisotopic (exact) mass is 283 g/mol. The van der Waals surface area contributed by atoms with Crippen LogP contribution in [-0.4, -0.2) is 28.6 Å². The first-order chi connectivity index (χ1) is 10.2. The summed E-state index contributed by atoms with van der Waals surface area (Å²) in [6.45, 7) is 5.91. The average Bonchev–Trinajstić information content (AvgIpc) is 2.51. The summed E-state index contributed by atoms with van der Waals surface area (Å²) in [7, 11) is 0. The van der Waals surface area contributed by atoms with E-state index in [-0.39, 0.29) is 0 Å². The SMILES string of the molecule is CCC(C)N1CC2C=CC3c4cc(O)ccc4CC1C3C2. The van der Waals surface area contributed by atoms with Crippen LogP contribution in [0.2, 0.25) is 0 Å². The van der Waals surface area contributed by atoms with Crippen molar-refractivity contribution in [1.29, 1.82) is 0 Å². The number of nitrogens with zero attached hydrogens (tertiary/aromatic N) is 1. The van der Waals surface area contributed by atoms with Crippen LogP contribution in [0.25, 0.3) is 0 Å². The molecule has 1 aromatic carbocycles. The molecule has 2 aliphatic carbocycles. The molecule has 5 unspecified atom stereocenters. The summed E-state index contributed by atoms with van der Waals surface area (Å²) >= 11 is 0. The third-order valence-electron chi connectivity index (χ3n) is 6.07. The van der Waals surface area contributed by atoms with Gasteiger partial charge >= 0.3 is 0 Å². The third-order valence-corrected chi connectivity index (χ3v) is 6.07. The Morgan fingerprint density at radius 1 is 1.33 bits per heavy atom. The van der Waals surface area contributed by atoms with Gasteiger partial charge in [0.2, 0.25) is 0 Å². The van der Waals surface area contributed by atoms with Crippen LogP contribution < -0.4 is 0 Å². The topological polar surface area (TPSA) is 23.5 Å². The molecule has 0 amide bonds. The van der Waals surface area contributed by atoms with Gasteiger partial charge in [0.05, 0.1) is 0 Å². The first-order valence-electron chi connectivity index (χ1n) is 8.43. The molecule has 2 nitrogen and oxygen atoms in total. The number of hydrogen-bond acceptors (Lipinski definition) is 2. The van der Waals surface area contributed by atoms with E-state index in [4.69, 9.17) is 0 Å². The lowest BCUT2D eigenvalue weighted by molar-refractivity contribution is 0.0188. The van der Waals surface area contributed by atoms with Crippen molar-refractivity contribution in [3.8, 4) is 5.75 Å². The van der Waals surface area contributed by atoms with Crippen molar-refractivity contribution in [1.82, 2.24) is 4.90 Å². The van der Waals surface area contributed by atoms with E-state index in [1.807, 2.05) is 12.1 Å². The van der Waals surface area contributed by atoms with E-state index >= 15 is 0 Å². The van der Waals surface area contributed by atoms with E-state index in [1.165, 1.54) is 30.5 Å². The number of allylic oxidation sites excluding steroid dienone is 1. The van der Waals surface area contributed by atoms with Crippen LogP contribution in [0, 0.1) is 11.8 Å². The second kappa shape index (κ2) is 4.88. The van der Waals surface area contributed by atoms with Crippen molar-refractivity contribution in [2.45, 2.75) is 51.1 Å². The van der Waals surface area contributed by atoms with Crippen LogP contribution in [0.1, 0.15) is 43.7 Å². The van der Waals surface area contributed by atoms with E-state index in [2.05, 4.69) is 37.0 Å². The van der Waals surface area contributed by atoms with Gasteiger partial charge in [-0.05, 0) is 61.3 Å². The quantitative estimate of drug-likeness (QED) is 0.836. The number of phenols is 1. The Labute approximate surface area is 127 Å². The number of likely N-dealkylation sites (tertiary alicyclic amines) is 1. The zero-order valence-corrected chi connectivity index (χ0v) is 13.0. The van der Waals surface area contributed by atoms with Gasteiger partial charge in [0.25, 0.3) is 0 Å². The Kier molecular flexibility index (Phi) is 3.11. The lowest BCUT2D eigenvalue weighted by atomic mass is 9.63. The van der Waals surface area contributed by atoms with Crippen LogP contribution in [0.4, 0.5) is 0 Å². The molecule has 112 valence electrons. The predicted octanol–water partition coefficient (Wildman–Crippen LogP) is 3.71. The molecule has 1 fully saturated rings. The maximum absolute atomic E-state index is 9.85. The number of aromatic hydroxyl groups is 1. The second-order valence-electron chi connectivity index (χ2n) is 7.18. The number of phenolic OH excluding ortho intramolecular Hbond substituents is 1. The number of rotatable bonds is 2. The average molecular weight is 283 g/mol. The van der Waals surface area contributed by atoms with E-state index in [9.17, 15) is 5.11 Å². The summed E-state index contributed by atoms with van der Waals surface area (Å²) in [4.78, 5) is 2.77. The van der Waals surface area contributed by atoms with Gasteiger partial charge in [-0.3, -0.25) is 4.90 Å². The Bertz CT molecular complexity index is 579. The predicted molar refractivity (Wildman–Crippen MR) is 85.5 cm³/mol. The van der Waals surface area contributed by atoms with Gasteiger partial charge in [-0.2, -0.15) is 0 Å². The molecule has 0 radical (unpaired) electrons. The van der Waals surface area contributed by atoms with E-state index < -0.39 is 0 Å². The largest absolute Gasteiger partial charge is 0.508 e. The second-order valence-corrected chi connectivity index (χ2v) is 7.18.